The number of benzene rings is 1. The summed E-state index contributed by atoms with van der Waals surface area (Å²) in [5.41, 5.74) is 3.32. The summed E-state index contributed by atoms with van der Waals surface area (Å²) < 4.78 is 5.34. The van der Waals surface area contributed by atoms with Crippen molar-refractivity contribution < 1.29 is 14.6 Å². The molecule has 138 valence electrons. The fraction of sp³-hybridized carbons (Fsp3) is 0.650. The summed E-state index contributed by atoms with van der Waals surface area (Å²) in [6.45, 7) is 9.12. The second-order valence-corrected chi connectivity index (χ2v) is 7.47. The van der Waals surface area contributed by atoms with Gasteiger partial charge in [0.05, 0.1) is 25.2 Å². The topological polar surface area (TPSA) is 53.0 Å². The van der Waals surface area contributed by atoms with Gasteiger partial charge >= 0.3 is 0 Å². The third-order valence-electron chi connectivity index (χ3n) is 5.24. The predicted molar refractivity (Wildman–Crippen MR) is 97.4 cm³/mol. The van der Waals surface area contributed by atoms with E-state index >= 15 is 0 Å². The number of nitrogens with zero attached hydrogens (tertiary/aromatic N) is 2. The minimum atomic E-state index is -0.504. The van der Waals surface area contributed by atoms with Gasteiger partial charge in [-0.15, -0.1) is 0 Å². The number of ether oxygens (including phenoxy) is 1. The Morgan fingerprint density at radius 3 is 2.56 bits per heavy atom. The van der Waals surface area contributed by atoms with Crippen molar-refractivity contribution in [3.8, 4) is 0 Å². The number of rotatable bonds is 4. The molecule has 3 rings (SSSR count). The lowest BCUT2D eigenvalue weighted by Gasteiger charge is -2.37. The molecule has 2 atom stereocenters. The molecule has 0 spiro atoms. The zero-order chi connectivity index (χ0) is 17.8. The van der Waals surface area contributed by atoms with Crippen LogP contribution in [0.5, 0.6) is 0 Å². The zero-order valence-corrected chi connectivity index (χ0v) is 15.4. The Balaban J connectivity index is 1.58. The highest BCUT2D eigenvalue weighted by Crippen LogP contribution is 2.23. The van der Waals surface area contributed by atoms with Crippen molar-refractivity contribution >= 4 is 5.91 Å². The molecule has 2 aliphatic rings. The fourth-order valence-electron chi connectivity index (χ4n) is 4.02. The van der Waals surface area contributed by atoms with Crippen LogP contribution in [0.4, 0.5) is 0 Å². The average Bonchev–Trinajstić information content (AvgIpc) is 2.61. The first-order valence-electron chi connectivity index (χ1n) is 9.38. The summed E-state index contributed by atoms with van der Waals surface area (Å²) in [7, 11) is 0. The molecule has 1 amide bonds. The van der Waals surface area contributed by atoms with Crippen molar-refractivity contribution in [2.45, 2.75) is 32.8 Å². The molecule has 1 aromatic rings. The Morgan fingerprint density at radius 2 is 1.88 bits per heavy atom. The largest absolute Gasteiger partial charge is 0.387 e. The summed E-state index contributed by atoms with van der Waals surface area (Å²) in [5.74, 6) is 0.312. The SMILES string of the molecule is Cc1cc(C)cc(C(O)CN2CCCC(C(=O)N3CCOCC3)C2)c1. The molecule has 1 aromatic carbocycles. The van der Waals surface area contributed by atoms with Crippen molar-refractivity contribution in [2.75, 3.05) is 45.9 Å². The van der Waals surface area contributed by atoms with Crippen LogP contribution in [0.25, 0.3) is 0 Å². The summed E-state index contributed by atoms with van der Waals surface area (Å²) in [5, 5.41) is 10.6. The van der Waals surface area contributed by atoms with Crippen LogP contribution >= 0.6 is 0 Å². The van der Waals surface area contributed by atoms with Crippen molar-refractivity contribution in [2.24, 2.45) is 5.92 Å². The van der Waals surface area contributed by atoms with Gasteiger partial charge in [-0.2, -0.15) is 0 Å². The maximum absolute atomic E-state index is 12.7. The van der Waals surface area contributed by atoms with Crippen LogP contribution < -0.4 is 0 Å². The Bertz CT molecular complexity index is 578. The molecule has 0 aliphatic carbocycles. The van der Waals surface area contributed by atoms with Crippen LogP contribution in [-0.4, -0.2) is 66.8 Å². The van der Waals surface area contributed by atoms with Gasteiger partial charge in [0, 0.05) is 26.2 Å². The van der Waals surface area contributed by atoms with E-state index in [1.165, 1.54) is 11.1 Å². The molecule has 1 N–H and O–H groups in total. The second-order valence-electron chi connectivity index (χ2n) is 7.47. The molecule has 2 aliphatic heterocycles. The number of carbonyl (C=O) groups is 1. The molecule has 0 bridgehead atoms. The number of carbonyl (C=O) groups excluding carboxylic acids is 1. The molecule has 0 aromatic heterocycles. The van der Waals surface area contributed by atoms with Crippen LogP contribution in [-0.2, 0) is 9.53 Å². The number of hydrogen-bond acceptors (Lipinski definition) is 4. The fourth-order valence-corrected chi connectivity index (χ4v) is 4.02. The smallest absolute Gasteiger partial charge is 0.227 e. The molecule has 2 fully saturated rings. The Morgan fingerprint density at radius 1 is 1.20 bits per heavy atom. The zero-order valence-electron chi connectivity index (χ0n) is 15.4. The highest BCUT2D eigenvalue weighted by molar-refractivity contribution is 5.79. The first-order chi connectivity index (χ1) is 12.0. The lowest BCUT2D eigenvalue weighted by Crippen LogP contribution is -2.48. The number of hydrogen-bond donors (Lipinski definition) is 1. The van der Waals surface area contributed by atoms with E-state index in [9.17, 15) is 9.90 Å². The third kappa shape index (κ3) is 4.81. The Labute approximate surface area is 150 Å². The van der Waals surface area contributed by atoms with Crippen LogP contribution in [0.1, 0.15) is 35.6 Å². The first kappa shape index (κ1) is 18.4. The van der Waals surface area contributed by atoms with Crippen LogP contribution in [0.3, 0.4) is 0 Å². The second kappa shape index (κ2) is 8.30. The Kier molecular flexibility index (Phi) is 6.10. The number of amides is 1. The highest BCUT2D eigenvalue weighted by Gasteiger charge is 2.30. The van der Waals surface area contributed by atoms with E-state index in [0.29, 0.717) is 32.8 Å². The number of morpholine rings is 1. The van der Waals surface area contributed by atoms with Crippen LogP contribution in [0.15, 0.2) is 18.2 Å². The maximum Gasteiger partial charge on any atom is 0.227 e. The lowest BCUT2D eigenvalue weighted by molar-refractivity contribution is -0.141. The average molecular weight is 346 g/mol. The molecule has 2 saturated heterocycles. The van der Waals surface area contributed by atoms with E-state index in [1.54, 1.807) is 0 Å². The van der Waals surface area contributed by atoms with Crippen LogP contribution in [0, 0.1) is 19.8 Å². The van der Waals surface area contributed by atoms with Crippen LogP contribution in [0.2, 0.25) is 0 Å². The Hall–Kier alpha value is -1.43. The predicted octanol–water partition coefficient (Wildman–Crippen LogP) is 1.91. The molecular weight excluding hydrogens is 316 g/mol. The van der Waals surface area contributed by atoms with Gasteiger partial charge in [-0.1, -0.05) is 29.3 Å². The molecule has 2 unspecified atom stereocenters. The van der Waals surface area contributed by atoms with Crippen molar-refractivity contribution in [1.29, 1.82) is 0 Å². The van der Waals surface area contributed by atoms with Gasteiger partial charge in [0.1, 0.15) is 0 Å². The van der Waals surface area contributed by atoms with Gasteiger partial charge in [-0.05, 0) is 38.8 Å². The quantitative estimate of drug-likeness (QED) is 0.905. The highest BCUT2D eigenvalue weighted by atomic mass is 16.5. The summed E-state index contributed by atoms with van der Waals surface area (Å²) in [6.07, 6.45) is 1.46. The number of aliphatic hydroxyl groups excluding tert-OH is 1. The van der Waals surface area contributed by atoms with E-state index in [4.69, 9.17) is 4.74 Å². The molecule has 5 nitrogen and oxygen atoms in total. The summed E-state index contributed by atoms with van der Waals surface area (Å²) in [4.78, 5) is 16.9. The minimum absolute atomic E-state index is 0.0540. The monoisotopic (exact) mass is 346 g/mol. The summed E-state index contributed by atoms with van der Waals surface area (Å²) >= 11 is 0. The van der Waals surface area contributed by atoms with Gasteiger partial charge in [0.2, 0.25) is 5.91 Å². The van der Waals surface area contributed by atoms with Gasteiger partial charge in [-0.3, -0.25) is 9.69 Å². The van der Waals surface area contributed by atoms with Gasteiger partial charge < -0.3 is 14.7 Å². The van der Waals surface area contributed by atoms with E-state index in [-0.39, 0.29) is 11.8 Å². The standard InChI is InChI=1S/C20H30N2O3/c1-15-10-16(2)12-18(11-15)19(23)14-21-5-3-4-17(13-21)20(24)22-6-8-25-9-7-22/h10-12,17,19,23H,3-9,13-14H2,1-2H3. The van der Waals surface area contributed by atoms with E-state index in [1.807, 2.05) is 4.90 Å². The molecule has 0 saturated carbocycles. The van der Waals surface area contributed by atoms with Gasteiger partial charge in [-0.25, -0.2) is 0 Å². The molecular formula is C20H30N2O3. The van der Waals surface area contributed by atoms with Gasteiger partial charge in [0.25, 0.3) is 0 Å². The lowest BCUT2D eigenvalue weighted by atomic mass is 9.95. The molecule has 2 heterocycles. The van der Waals surface area contributed by atoms with Crippen molar-refractivity contribution in [3.63, 3.8) is 0 Å². The van der Waals surface area contributed by atoms with E-state index in [2.05, 4.69) is 36.9 Å². The van der Waals surface area contributed by atoms with Crippen molar-refractivity contribution in [1.82, 2.24) is 9.80 Å². The number of piperidine rings is 1. The summed E-state index contributed by atoms with van der Waals surface area (Å²) in [6, 6.07) is 6.23. The normalized spacial score (nSPS) is 23.5. The minimum Gasteiger partial charge on any atom is -0.387 e. The molecule has 25 heavy (non-hydrogen) atoms. The third-order valence-corrected chi connectivity index (χ3v) is 5.24. The number of aliphatic hydroxyl groups is 1. The number of likely N-dealkylation sites (tertiary alicyclic amines) is 1. The van der Waals surface area contributed by atoms with E-state index < -0.39 is 6.10 Å². The molecule has 5 heteroatoms. The van der Waals surface area contributed by atoms with Gasteiger partial charge in [0.15, 0.2) is 0 Å². The van der Waals surface area contributed by atoms with Crippen molar-refractivity contribution in [3.05, 3.63) is 34.9 Å². The first-order valence-corrected chi connectivity index (χ1v) is 9.38. The molecule has 0 radical (unpaired) electrons. The number of aryl methyl sites for hydroxylation is 2. The maximum atomic E-state index is 12.7. The van der Waals surface area contributed by atoms with E-state index in [0.717, 1.165) is 31.5 Å². The number of β-amino-alcohol motifs (C(OH)–C–C–N with tert-alkyl or cyclic N) is 1.